The first kappa shape index (κ1) is 22.3. The molecule has 0 bridgehead atoms. The zero-order valence-electron chi connectivity index (χ0n) is 17.1. The molecule has 160 valence electrons. The number of amides is 1. The van der Waals surface area contributed by atoms with Crippen molar-refractivity contribution in [3.05, 3.63) is 64.7 Å². The largest absolute Gasteiger partial charge is 0.271 e. The zero-order chi connectivity index (χ0) is 21.7. The Labute approximate surface area is 183 Å². The third kappa shape index (κ3) is 5.83. The average molecular weight is 448 g/mol. The van der Waals surface area contributed by atoms with Gasteiger partial charge < -0.3 is 0 Å². The minimum absolute atomic E-state index is 0.140. The fourth-order valence-corrected chi connectivity index (χ4v) is 4.55. The summed E-state index contributed by atoms with van der Waals surface area (Å²) < 4.78 is 25.9. The SMILES string of the molecule is CC1CCCCC1=NNC(=O)c1ccc(CN(c2cccc(Cl)c2)S(C)(=O)=O)cc1. The molecule has 0 spiro atoms. The van der Waals surface area contributed by atoms with E-state index in [4.69, 9.17) is 11.6 Å². The lowest BCUT2D eigenvalue weighted by Gasteiger charge is -2.23. The number of nitrogens with zero attached hydrogens (tertiary/aromatic N) is 2. The number of sulfonamides is 1. The van der Waals surface area contributed by atoms with Crippen molar-refractivity contribution in [1.82, 2.24) is 5.43 Å². The van der Waals surface area contributed by atoms with Crippen LogP contribution in [-0.2, 0) is 16.6 Å². The van der Waals surface area contributed by atoms with Crippen molar-refractivity contribution in [1.29, 1.82) is 0 Å². The number of anilines is 1. The number of rotatable bonds is 6. The fraction of sp³-hybridized carbons (Fsp3) is 0.364. The summed E-state index contributed by atoms with van der Waals surface area (Å²) in [5.74, 6) is 0.122. The highest BCUT2D eigenvalue weighted by Crippen LogP contribution is 2.24. The number of halogens is 1. The quantitative estimate of drug-likeness (QED) is 0.657. The van der Waals surface area contributed by atoms with E-state index in [9.17, 15) is 13.2 Å². The van der Waals surface area contributed by atoms with E-state index >= 15 is 0 Å². The molecule has 1 atom stereocenters. The van der Waals surface area contributed by atoms with Gasteiger partial charge in [0.2, 0.25) is 10.0 Å². The van der Waals surface area contributed by atoms with E-state index in [0.717, 1.165) is 36.8 Å². The molecule has 30 heavy (non-hydrogen) atoms. The van der Waals surface area contributed by atoms with E-state index in [2.05, 4.69) is 17.5 Å². The summed E-state index contributed by atoms with van der Waals surface area (Å²) >= 11 is 6.02. The standard InChI is InChI=1S/C22H26ClN3O3S/c1-16-6-3-4-9-21(16)24-25-22(27)18-12-10-17(11-13-18)15-26(30(2,28)29)20-8-5-7-19(23)14-20/h5,7-8,10-14,16H,3-4,6,9,15H2,1-2H3,(H,25,27). The molecule has 0 radical (unpaired) electrons. The molecule has 2 aromatic carbocycles. The molecule has 0 aromatic heterocycles. The molecule has 0 saturated heterocycles. The smallest absolute Gasteiger partial charge is 0.267 e. The van der Waals surface area contributed by atoms with Gasteiger partial charge >= 0.3 is 0 Å². The number of nitrogens with one attached hydrogen (secondary N) is 1. The van der Waals surface area contributed by atoms with E-state index in [1.807, 2.05) is 0 Å². The Hall–Kier alpha value is -2.38. The van der Waals surface area contributed by atoms with Crippen LogP contribution in [0.4, 0.5) is 5.69 Å². The molecule has 1 amide bonds. The Balaban J connectivity index is 1.71. The maximum Gasteiger partial charge on any atom is 0.271 e. The van der Waals surface area contributed by atoms with Crippen LogP contribution >= 0.6 is 11.6 Å². The number of carbonyl (C=O) groups excluding carboxylic acids is 1. The van der Waals surface area contributed by atoms with Crippen molar-refractivity contribution in [3.63, 3.8) is 0 Å². The summed E-state index contributed by atoms with van der Waals surface area (Å²) in [6.07, 6.45) is 5.49. The highest BCUT2D eigenvalue weighted by molar-refractivity contribution is 7.92. The number of benzene rings is 2. The zero-order valence-corrected chi connectivity index (χ0v) is 18.7. The van der Waals surface area contributed by atoms with Gasteiger partial charge in [0.05, 0.1) is 18.5 Å². The van der Waals surface area contributed by atoms with Gasteiger partial charge in [-0.15, -0.1) is 0 Å². The number of hydrogen-bond donors (Lipinski definition) is 1. The highest BCUT2D eigenvalue weighted by Gasteiger charge is 2.19. The summed E-state index contributed by atoms with van der Waals surface area (Å²) in [6.45, 7) is 2.27. The predicted octanol–water partition coefficient (Wildman–Crippen LogP) is 4.60. The predicted molar refractivity (Wildman–Crippen MR) is 121 cm³/mol. The highest BCUT2D eigenvalue weighted by atomic mass is 35.5. The molecule has 6 nitrogen and oxygen atoms in total. The number of carbonyl (C=O) groups is 1. The van der Waals surface area contributed by atoms with E-state index in [1.54, 1.807) is 48.5 Å². The third-order valence-electron chi connectivity index (χ3n) is 5.23. The first-order valence-corrected chi connectivity index (χ1v) is 12.2. The van der Waals surface area contributed by atoms with Crippen molar-refractivity contribution in [2.45, 2.75) is 39.2 Å². The van der Waals surface area contributed by atoms with Crippen molar-refractivity contribution in [2.75, 3.05) is 10.6 Å². The van der Waals surface area contributed by atoms with Gasteiger partial charge in [-0.2, -0.15) is 5.10 Å². The Morgan fingerprint density at radius 1 is 1.20 bits per heavy atom. The van der Waals surface area contributed by atoms with E-state index in [-0.39, 0.29) is 12.5 Å². The van der Waals surface area contributed by atoms with Crippen LogP contribution in [0.2, 0.25) is 5.02 Å². The van der Waals surface area contributed by atoms with Crippen LogP contribution in [0.1, 0.15) is 48.5 Å². The Morgan fingerprint density at radius 2 is 1.93 bits per heavy atom. The van der Waals surface area contributed by atoms with E-state index < -0.39 is 10.0 Å². The van der Waals surface area contributed by atoms with Crippen LogP contribution in [0, 0.1) is 5.92 Å². The van der Waals surface area contributed by atoms with Gasteiger partial charge in [-0.3, -0.25) is 9.10 Å². The average Bonchev–Trinajstić information content (AvgIpc) is 2.71. The Bertz CT molecular complexity index is 1040. The summed E-state index contributed by atoms with van der Waals surface area (Å²) in [6, 6.07) is 13.5. The summed E-state index contributed by atoms with van der Waals surface area (Å²) in [5.41, 5.74) is 5.40. The molecule has 1 aliphatic carbocycles. The lowest BCUT2D eigenvalue weighted by molar-refractivity contribution is 0.0954. The minimum atomic E-state index is -3.51. The first-order valence-electron chi connectivity index (χ1n) is 9.93. The van der Waals surface area contributed by atoms with Crippen molar-refractivity contribution in [2.24, 2.45) is 11.0 Å². The lowest BCUT2D eigenvalue weighted by Crippen LogP contribution is -2.29. The second-order valence-electron chi connectivity index (χ2n) is 7.64. The summed E-state index contributed by atoms with van der Waals surface area (Å²) in [4.78, 5) is 12.4. The molecule has 0 heterocycles. The molecule has 3 rings (SSSR count). The van der Waals surface area contributed by atoms with Gasteiger partial charge in [0.1, 0.15) is 0 Å². The fourth-order valence-electron chi connectivity index (χ4n) is 3.48. The normalized spacial score (nSPS) is 18.2. The Kier molecular flexibility index (Phi) is 7.15. The third-order valence-corrected chi connectivity index (χ3v) is 6.60. The molecule has 1 N–H and O–H groups in total. The van der Waals surface area contributed by atoms with Gasteiger partial charge in [-0.1, -0.05) is 43.1 Å². The van der Waals surface area contributed by atoms with Crippen LogP contribution in [0.15, 0.2) is 53.6 Å². The van der Waals surface area contributed by atoms with Gasteiger partial charge in [0, 0.05) is 16.3 Å². The van der Waals surface area contributed by atoms with Crippen molar-refractivity contribution < 1.29 is 13.2 Å². The molecule has 1 fully saturated rings. The van der Waals surface area contributed by atoms with Crippen LogP contribution in [0.5, 0.6) is 0 Å². The monoisotopic (exact) mass is 447 g/mol. The van der Waals surface area contributed by atoms with Gasteiger partial charge in [-0.25, -0.2) is 13.8 Å². The maximum atomic E-state index is 12.4. The van der Waals surface area contributed by atoms with Gasteiger partial charge in [0.25, 0.3) is 5.91 Å². The topological polar surface area (TPSA) is 78.8 Å². The van der Waals surface area contributed by atoms with Gasteiger partial charge in [-0.05, 0) is 61.1 Å². The lowest BCUT2D eigenvalue weighted by atomic mass is 9.89. The van der Waals surface area contributed by atoms with E-state index in [1.165, 1.54) is 10.7 Å². The molecule has 0 aliphatic heterocycles. The molecule has 1 saturated carbocycles. The summed E-state index contributed by atoms with van der Waals surface area (Å²) in [7, 11) is -3.51. The summed E-state index contributed by atoms with van der Waals surface area (Å²) in [5, 5.41) is 4.77. The van der Waals surface area contributed by atoms with Crippen LogP contribution in [0.3, 0.4) is 0 Å². The Morgan fingerprint density at radius 3 is 2.57 bits per heavy atom. The van der Waals surface area contributed by atoms with Crippen LogP contribution in [-0.4, -0.2) is 26.3 Å². The molecule has 1 aliphatic rings. The number of hydrazone groups is 1. The van der Waals surface area contributed by atoms with E-state index in [0.29, 0.717) is 22.2 Å². The molecule has 2 aromatic rings. The van der Waals surface area contributed by atoms with Gasteiger partial charge in [0.15, 0.2) is 0 Å². The second kappa shape index (κ2) is 9.62. The molecule has 8 heteroatoms. The van der Waals surface area contributed by atoms with Crippen molar-refractivity contribution in [3.8, 4) is 0 Å². The molecular formula is C22H26ClN3O3S. The molecular weight excluding hydrogens is 422 g/mol. The second-order valence-corrected chi connectivity index (χ2v) is 9.98. The van der Waals surface area contributed by atoms with Crippen LogP contribution in [0.25, 0.3) is 0 Å². The van der Waals surface area contributed by atoms with Crippen LogP contribution < -0.4 is 9.73 Å². The maximum absolute atomic E-state index is 12.4. The number of hydrogen-bond acceptors (Lipinski definition) is 4. The molecule has 1 unspecified atom stereocenters. The minimum Gasteiger partial charge on any atom is -0.267 e. The first-order chi connectivity index (χ1) is 14.2. The van der Waals surface area contributed by atoms with Crippen molar-refractivity contribution >= 4 is 38.9 Å².